The predicted molar refractivity (Wildman–Crippen MR) is 72.3 cm³/mol. The average molecular weight is 266 g/mol. The normalized spacial score (nSPS) is 11.1. The zero-order chi connectivity index (χ0) is 14.1. The molecule has 19 heavy (non-hydrogen) atoms. The van der Waals surface area contributed by atoms with E-state index in [1.165, 1.54) is 12.1 Å². The summed E-state index contributed by atoms with van der Waals surface area (Å²) >= 11 is 0. The molecule has 0 heterocycles. The number of hydrogen-bond donors (Lipinski definition) is 1. The van der Waals surface area contributed by atoms with Crippen LogP contribution in [0.15, 0.2) is 24.3 Å². The summed E-state index contributed by atoms with van der Waals surface area (Å²) in [6.07, 6.45) is 5.56. The lowest BCUT2D eigenvalue weighted by molar-refractivity contribution is -0.131. The second-order valence-corrected chi connectivity index (χ2v) is 4.28. The van der Waals surface area contributed by atoms with Gasteiger partial charge in [-0.05, 0) is 24.1 Å². The zero-order valence-electron chi connectivity index (χ0n) is 11.1. The monoisotopic (exact) mass is 266 g/mol. The van der Waals surface area contributed by atoms with Crippen LogP contribution >= 0.6 is 0 Å². The molecule has 0 unspecified atom stereocenters. The lowest BCUT2D eigenvalue weighted by atomic mass is 10.1. The average Bonchev–Trinajstić information content (AvgIpc) is 2.38. The topological polar surface area (TPSA) is 46.5 Å². The minimum Gasteiger partial charge on any atom is -0.478 e. The van der Waals surface area contributed by atoms with Crippen molar-refractivity contribution in [1.82, 2.24) is 0 Å². The van der Waals surface area contributed by atoms with Gasteiger partial charge in [0, 0.05) is 18.2 Å². The number of carboxylic acids is 1. The Morgan fingerprint density at radius 3 is 2.84 bits per heavy atom. The lowest BCUT2D eigenvalue weighted by Gasteiger charge is -2.06. The van der Waals surface area contributed by atoms with Gasteiger partial charge in [0.2, 0.25) is 0 Å². The minimum atomic E-state index is -1.05. The van der Waals surface area contributed by atoms with Crippen LogP contribution in [0.3, 0.4) is 0 Å². The third-order valence-corrected chi connectivity index (χ3v) is 2.65. The fraction of sp³-hybridized carbons (Fsp3) is 0.400. The van der Waals surface area contributed by atoms with E-state index in [9.17, 15) is 9.18 Å². The van der Waals surface area contributed by atoms with Gasteiger partial charge < -0.3 is 9.84 Å². The van der Waals surface area contributed by atoms with Crippen LogP contribution in [-0.4, -0.2) is 17.7 Å². The molecule has 0 aromatic heterocycles. The van der Waals surface area contributed by atoms with E-state index < -0.39 is 5.97 Å². The van der Waals surface area contributed by atoms with Crippen molar-refractivity contribution in [3.8, 4) is 0 Å². The van der Waals surface area contributed by atoms with Crippen molar-refractivity contribution in [1.29, 1.82) is 0 Å². The van der Waals surface area contributed by atoms with E-state index in [2.05, 4.69) is 6.92 Å². The number of unbranched alkanes of at least 4 members (excludes halogenated alkanes) is 2. The predicted octanol–water partition coefficient (Wildman–Crippen LogP) is 3.63. The van der Waals surface area contributed by atoms with E-state index in [1.807, 2.05) is 0 Å². The van der Waals surface area contributed by atoms with Crippen molar-refractivity contribution in [2.75, 3.05) is 6.61 Å². The first kappa shape index (κ1) is 15.4. The summed E-state index contributed by atoms with van der Waals surface area (Å²) in [5.41, 5.74) is 1.01. The van der Waals surface area contributed by atoms with Crippen molar-refractivity contribution in [3.63, 3.8) is 0 Å². The van der Waals surface area contributed by atoms with E-state index in [1.54, 1.807) is 12.1 Å². The fourth-order valence-corrected chi connectivity index (χ4v) is 1.59. The van der Waals surface area contributed by atoms with E-state index in [0.29, 0.717) is 17.7 Å². The minimum absolute atomic E-state index is 0.248. The number of carbonyl (C=O) groups is 1. The van der Waals surface area contributed by atoms with E-state index in [4.69, 9.17) is 9.84 Å². The Hall–Kier alpha value is -1.68. The first-order valence-corrected chi connectivity index (χ1v) is 6.40. The highest BCUT2D eigenvalue weighted by Crippen LogP contribution is 2.13. The quantitative estimate of drug-likeness (QED) is 0.577. The Labute approximate surface area is 112 Å². The molecule has 3 nitrogen and oxygen atoms in total. The lowest BCUT2D eigenvalue weighted by Crippen LogP contribution is -1.98. The van der Waals surface area contributed by atoms with Gasteiger partial charge in [-0.1, -0.05) is 31.9 Å². The van der Waals surface area contributed by atoms with Crippen LogP contribution in [0.5, 0.6) is 0 Å². The summed E-state index contributed by atoms with van der Waals surface area (Å²) < 4.78 is 19.1. The van der Waals surface area contributed by atoms with Crippen LogP contribution in [-0.2, 0) is 16.1 Å². The van der Waals surface area contributed by atoms with Gasteiger partial charge in [0.15, 0.2) is 0 Å². The Kier molecular flexibility index (Phi) is 6.82. The zero-order valence-corrected chi connectivity index (χ0v) is 11.1. The first-order valence-electron chi connectivity index (χ1n) is 6.40. The van der Waals surface area contributed by atoms with Gasteiger partial charge in [-0.3, -0.25) is 0 Å². The molecule has 0 amide bonds. The molecule has 1 N–H and O–H groups in total. The molecule has 0 aliphatic rings. The van der Waals surface area contributed by atoms with Crippen molar-refractivity contribution in [2.45, 2.75) is 32.8 Å². The number of benzene rings is 1. The molecule has 0 saturated carbocycles. The number of aliphatic carboxylic acids is 1. The summed E-state index contributed by atoms with van der Waals surface area (Å²) in [7, 11) is 0. The maximum atomic E-state index is 13.7. The van der Waals surface area contributed by atoms with Gasteiger partial charge >= 0.3 is 5.97 Å². The molecule has 0 aliphatic carbocycles. The van der Waals surface area contributed by atoms with Gasteiger partial charge in [0.25, 0.3) is 0 Å². The Morgan fingerprint density at radius 1 is 1.42 bits per heavy atom. The smallest absolute Gasteiger partial charge is 0.328 e. The Morgan fingerprint density at radius 2 is 2.21 bits per heavy atom. The van der Waals surface area contributed by atoms with Gasteiger partial charge in [-0.15, -0.1) is 0 Å². The van der Waals surface area contributed by atoms with Crippen molar-refractivity contribution >= 4 is 12.0 Å². The summed E-state index contributed by atoms with van der Waals surface area (Å²) in [6, 6.07) is 4.61. The molecule has 0 fully saturated rings. The molecule has 0 saturated heterocycles. The summed E-state index contributed by atoms with van der Waals surface area (Å²) in [6.45, 7) is 3.00. The summed E-state index contributed by atoms with van der Waals surface area (Å²) in [5.74, 6) is -1.42. The molecule has 0 radical (unpaired) electrons. The highest BCUT2D eigenvalue weighted by Gasteiger charge is 2.03. The largest absolute Gasteiger partial charge is 0.478 e. The number of ether oxygens (including phenoxy) is 1. The van der Waals surface area contributed by atoms with Crippen molar-refractivity contribution in [2.24, 2.45) is 0 Å². The first-order chi connectivity index (χ1) is 9.13. The Balaban J connectivity index is 2.50. The third-order valence-electron chi connectivity index (χ3n) is 2.65. The maximum Gasteiger partial charge on any atom is 0.328 e. The summed E-state index contributed by atoms with van der Waals surface area (Å²) in [4.78, 5) is 10.4. The van der Waals surface area contributed by atoms with E-state index in [-0.39, 0.29) is 12.4 Å². The van der Waals surface area contributed by atoms with Gasteiger partial charge in [0.05, 0.1) is 6.61 Å². The Bertz CT molecular complexity index is 441. The van der Waals surface area contributed by atoms with Crippen molar-refractivity contribution in [3.05, 3.63) is 41.2 Å². The second kappa shape index (κ2) is 8.43. The molecule has 0 aliphatic heterocycles. The number of halogens is 1. The highest BCUT2D eigenvalue weighted by molar-refractivity contribution is 5.85. The van der Waals surface area contributed by atoms with Gasteiger partial charge in [-0.25, -0.2) is 9.18 Å². The van der Waals surface area contributed by atoms with E-state index >= 15 is 0 Å². The van der Waals surface area contributed by atoms with Gasteiger partial charge in [-0.2, -0.15) is 0 Å². The van der Waals surface area contributed by atoms with Crippen molar-refractivity contribution < 1.29 is 19.0 Å². The number of rotatable bonds is 8. The maximum absolute atomic E-state index is 13.7. The number of hydrogen-bond acceptors (Lipinski definition) is 2. The van der Waals surface area contributed by atoms with Crippen LogP contribution < -0.4 is 0 Å². The third kappa shape index (κ3) is 6.15. The molecule has 0 atom stereocenters. The van der Waals surface area contributed by atoms with Crippen LogP contribution in [0, 0.1) is 5.82 Å². The molecular weight excluding hydrogens is 247 g/mol. The molecule has 0 spiro atoms. The molecule has 0 bridgehead atoms. The molecule has 1 aromatic carbocycles. The summed E-state index contributed by atoms with van der Waals surface area (Å²) in [5, 5.41) is 8.49. The van der Waals surface area contributed by atoms with Crippen LogP contribution in [0.25, 0.3) is 6.08 Å². The number of carboxylic acid groups (broad SMARTS) is 1. The second-order valence-electron chi connectivity index (χ2n) is 4.28. The van der Waals surface area contributed by atoms with Crippen LogP contribution in [0.1, 0.15) is 37.3 Å². The molecule has 1 rings (SSSR count). The molecule has 1 aromatic rings. The SMILES string of the molecule is CCCCCOCc1ccc(/C=C/C(=O)O)cc1F. The molecular formula is C15H19FO3. The van der Waals surface area contributed by atoms with Gasteiger partial charge in [0.1, 0.15) is 5.82 Å². The molecule has 4 heteroatoms. The standard InChI is InChI=1S/C15H19FO3/c1-2-3-4-9-19-11-13-7-5-12(10-14(13)16)6-8-15(17)18/h5-8,10H,2-4,9,11H2,1H3,(H,17,18)/b8-6+. The van der Waals surface area contributed by atoms with Crippen LogP contribution in [0.2, 0.25) is 0 Å². The fourth-order valence-electron chi connectivity index (χ4n) is 1.59. The van der Waals surface area contributed by atoms with E-state index in [0.717, 1.165) is 25.3 Å². The van der Waals surface area contributed by atoms with Crippen LogP contribution in [0.4, 0.5) is 4.39 Å². The highest BCUT2D eigenvalue weighted by atomic mass is 19.1. The molecule has 104 valence electrons.